The number of nitrogens with one attached hydrogen (secondary N) is 1. The number of benzene rings is 2. The average Bonchev–Trinajstić information content (AvgIpc) is 2.97. The van der Waals surface area contributed by atoms with E-state index in [1.54, 1.807) is 0 Å². The van der Waals surface area contributed by atoms with Crippen LogP contribution in [-0.2, 0) is 0 Å². The molecular formula is C19H21N3O. The zero-order chi connectivity index (χ0) is 16.1. The lowest BCUT2D eigenvalue weighted by atomic mass is 10.1. The van der Waals surface area contributed by atoms with Crippen molar-refractivity contribution in [2.45, 2.75) is 0 Å². The van der Waals surface area contributed by atoms with E-state index in [-0.39, 0.29) is 0 Å². The van der Waals surface area contributed by atoms with Gasteiger partial charge in [0.15, 0.2) is 0 Å². The van der Waals surface area contributed by atoms with Crippen LogP contribution in [0.5, 0.6) is 5.75 Å². The average molecular weight is 307 g/mol. The normalized spacial score (nSPS) is 11.6. The zero-order valence-corrected chi connectivity index (χ0v) is 13.5. The van der Waals surface area contributed by atoms with Crippen LogP contribution in [0.2, 0.25) is 0 Å². The van der Waals surface area contributed by atoms with E-state index in [4.69, 9.17) is 4.74 Å². The van der Waals surface area contributed by atoms with Gasteiger partial charge in [-0.3, -0.25) is 5.10 Å². The SMILES string of the molecule is CN(C)CCOc1ccc(/C=C/c2n[nH]c3ccccc23)cc1. The molecule has 1 heterocycles. The Kier molecular flexibility index (Phi) is 4.74. The molecule has 0 aliphatic rings. The van der Waals surface area contributed by atoms with Crippen LogP contribution < -0.4 is 4.74 Å². The lowest BCUT2D eigenvalue weighted by Crippen LogP contribution is -2.19. The number of fused-ring (bicyclic) bond motifs is 1. The van der Waals surface area contributed by atoms with E-state index in [9.17, 15) is 0 Å². The van der Waals surface area contributed by atoms with Crippen LogP contribution in [0, 0.1) is 0 Å². The second-order valence-corrected chi connectivity index (χ2v) is 5.71. The number of para-hydroxylation sites is 1. The Morgan fingerprint density at radius 1 is 1.04 bits per heavy atom. The summed E-state index contributed by atoms with van der Waals surface area (Å²) in [6, 6.07) is 16.2. The summed E-state index contributed by atoms with van der Waals surface area (Å²) < 4.78 is 5.70. The molecule has 4 nitrogen and oxygen atoms in total. The topological polar surface area (TPSA) is 41.1 Å². The Hall–Kier alpha value is -2.59. The zero-order valence-electron chi connectivity index (χ0n) is 13.5. The number of rotatable bonds is 6. The molecule has 0 fully saturated rings. The van der Waals surface area contributed by atoms with Gasteiger partial charge in [-0.1, -0.05) is 36.4 Å². The summed E-state index contributed by atoms with van der Waals surface area (Å²) in [7, 11) is 4.08. The van der Waals surface area contributed by atoms with Crippen molar-refractivity contribution in [2.24, 2.45) is 0 Å². The van der Waals surface area contributed by atoms with E-state index in [1.165, 1.54) is 0 Å². The van der Waals surface area contributed by atoms with Crippen LogP contribution in [0.15, 0.2) is 48.5 Å². The predicted molar refractivity (Wildman–Crippen MR) is 95.5 cm³/mol. The third kappa shape index (κ3) is 3.99. The van der Waals surface area contributed by atoms with Crippen molar-refractivity contribution in [3.8, 4) is 5.75 Å². The maximum absolute atomic E-state index is 5.70. The third-order valence-electron chi connectivity index (χ3n) is 3.62. The molecule has 0 aliphatic carbocycles. The predicted octanol–water partition coefficient (Wildman–Crippen LogP) is 3.67. The first-order valence-electron chi connectivity index (χ1n) is 7.71. The Morgan fingerprint density at radius 3 is 2.61 bits per heavy atom. The van der Waals surface area contributed by atoms with Gasteiger partial charge in [-0.15, -0.1) is 0 Å². The fourth-order valence-electron chi connectivity index (χ4n) is 2.31. The van der Waals surface area contributed by atoms with Gasteiger partial charge in [0.1, 0.15) is 12.4 Å². The van der Waals surface area contributed by atoms with Crippen LogP contribution >= 0.6 is 0 Å². The van der Waals surface area contributed by atoms with Crippen molar-refractivity contribution in [1.82, 2.24) is 15.1 Å². The third-order valence-corrected chi connectivity index (χ3v) is 3.62. The second-order valence-electron chi connectivity index (χ2n) is 5.71. The van der Waals surface area contributed by atoms with Crippen molar-refractivity contribution in [3.05, 3.63) is 59.8 Å². The van der Waals surface area contributed by atoms with Gasteiger partial charge in [0.25, 0.3) is 0 Å². The molecule has 0 spiro atoms. The van der Waals surface area contributed by atoms with Crippen LogP contribution in [0.4, 0.5) is 0 Å². The highest BCUT2D eigenvalue weighted by atomic mass is 16.5. The first-order valence-corrected chi connectivity index (χ1v) is 7.71. The highest BCUT2D eigenvalue weighted by Gasteiger charge is 2.01. The first-order chi connectivity index (χ1) is 11.2. The molecule has 3 aromatic rings. The summed E-state index contributed by atoms with van der Waals surface area (Å²) >= 11 is 0. The van der Waals surface area contributed by atoms with Gasteiger partial charge in [-0.2, -0.15) is 5.10 Å². The number of hydrogen-bond donors (Lipinski definition) is 1. The number of hydrogen-bond acceptors (Lipinski definition) is 3. The van der Waals surface area contributed by atoms with Gasteiger partial charge < -0.3 is 9.64 Å². The lowest BCUT2D eigenvalue weighted by molar-refractivity contribution is 0.261. The first kappa shape index (κ1) is 15.3. The van der Waals surface area contributed by atoms with Crippen molar-refractivity contribution >= 4 is 23.1 Å². The molecule has 4 heteroatoms. The van der Waals surface area contributed by atoms with Gasteiger partial charge in [0.2, 0.25) is 0 Å². The monoisotopic (exact) mass is 307 g/mol. The van der Waals surface area contributed by atoms with Crippen LogP contribution in [0.25, 0.3) is 23.1 Å². The minimum Gasteiger partial charge on any atom is -0.492 e. The summed E-state index contributed by atoms with van der Waals surface area (Å²) in [6.07, 6.45) is 4.09. The fourth-order valence-corrected chi connectivity index (χ4v) is 2.31. The minimum atomic E-state index is 0.696. The molecule has 0 saturated carbocycles. The van der Waals surface area contributed by atoms with E-state index >= 15 is 0 Å². The van der Waals surface area contributed by atoms with Gasteiger partial charge in [0.05, 0.1) is 11.2 Å². The van der Waals surface area contributed by atoms with Crippen LogP contribution in [0.1, 0.15) is 11.3 Å². The summed E-state index contributed by atoms with van der Waals surface area (Å²) in [4.78, 5) is 2.10. The summed E-state index contributed by atoms with van der Waals surface area (Å²) in [5, 5.41) is 8.52. The Balaban J connectivity index is 1.66. The standard InChI is InChI=1S/C19H21N3O/c1-22(2)13-14-23-16-10-7-15(8-11-16)9-12-19-17-5-3-4-6-18(17)20-21-19/h3-12H,13-14H2,1-2H3,(H,20,21)/b12-9+. The van der Waals surface area contributed by atoms with Crippen molar-refractivity contribution in [3.63, 3.8) is 0 Å². The number of aromatic amines is 1. The highest BCUT2D eigenvalue weighted by molar-refractivity contribution is 5.89. The maximum atomic E-state index is 5.70. The molecule has 1 N–H and O–H groups in total. The molecule has 0 saturated heterocycles. The van der Waals surface area contributed by atoms with Crippen molar-refractivity contribution in [1.29, 1.82) is 0 Å². The van der Waals surface area contributed by atoms with E-state index in [0.717, 1.165) is 34.5 Å². The Morgan fingerprint density at radius 2 is 1.83 bits per heavy atom. The molecule has 23 heavy (non-hydrogen) atoms. The molecule has 0 atom stereocenters. The second kappa shape index (κ2) is 7.11. The molecule has 2 aromatic carbocycles. The molecule has 3 rings (SSSR count). The number of likely N-dealkylation sites (N-methyl/N-ethyl adjacent to an activating group) is 1. The number of aromatic nitrogens is 2. The van der Waals surface area contributed by atoms with Crippen molar-refractivity contribution in [2.75, 3.05) is 27.2 Å². The van der Waals surface area contributed by atoms with E-state index in [2.05, 4.69) is 39.4 Å². The van der Waals surface area contributed by atoms with E-state index in [0.29, 0.717) is 6.61 Å². The Labute approximate surface area is 136 Å². The van der Waals surface area contributed by atoms with E-state index < -0.39 is 0 Å². The highest BCUT2D eigenvalue weighted by Crippen LogP contribution is 2.18. The summed E-state index contributed by atoms with van der Waals surface area (Å²) in [5.74, 6) is 0.897. The van der Waals surface area contributed by atoms with Crippen molar-refractivity contribution < 1.29 is 4.74 Å². The number of H-pyrrole nitrogens is 1. The van der Waals surface area contributed by atoms with Gasteiger partial charge in [0, 0.05) is 11.9 Å². The van der Waals surface area contributed by atoms with E-state index in [1.807, 2.05) is 50.5 Å². The molecule has 0 radical (unpaired) electrons. The Bertz CT molecular complexity index is 788. The molecular weight excluding hydrogens is 286 g/mol. The molecule has 0 bridgehead atoms. The molecule has 118 valence electrons. The van der Waals surface area contributed by atoms with Crippen LogP contribution in [0.3, 0.4) is 0 Å². The summed E-state index contributed by atoms with van der Waals surface area (Å²) in [5.41, 5.74) is 3.13. The molecule has 1 aromatic heterocycles. The minimum absolute atomic E-state index is 0.696. The van der Waals surface area contributed by atoms with Gasteiger partial charge in [-0.05, 0) is 43.9 Å². The number of ether oxygens (including phenoxy) is 1. The maximum Gasteiger partial charge on any atom is 0.119 e. The smallest absolute Gasteiger partial charge is 0.119 e. The van der Waals surface area contributed by atoms with Crippen LogP contribution in [-0.4, -0.2) is 42.3 Å². The van der Waals surface area contributed by atoms with Gasteiger partial charge in [-0.25, -0.2) is 0 Å². The fraction of sp³-hybridized carbons (Fsp3) is 0.211. The summed E-state index contributed by atoms with van der Waals surface area (Å²) in [6.45, 7) is 1.61. The quantitative estimate of drug-likeness (QED) is 0.755. The van der Waals surface area contributed by atoms with Gasteiger partial charge >= 0.3 is 0 Å². The largest absolute Gasteiger partial charge is 0.492 e. The molecule has 0 aliphatic heterocycles. The number of nitrogens with zero attached hydrogens (tertiary/aromatic N) is 2. The molecule has 0 amide bonds. The molecule has 0 unspecified atom stereocenters. The lowest BCUT2D eigenvalue weighted by Gasteiger charge is -2.10.